The minimum Gasteiger partial charge on any atom is -0.256 e. The molecule has 0 fully saturated rings. The Balaban J connectivity index is 1.66. The molecule has 0 N–H and O–H groups in total. The topological polar surface area (TPSA) is 24.7 Å². The molecule has 0 unspecified atom stereocenters. The van der Waals surface area contributed by atoms with Crippen LogP contribution in [0.3, 0.4) is 0 Å². The van der Waals surface area contributed by atoms with Crippen LogP contribution >= 0.6 is 0 Å². The maximum absolute atomic E-state index is 12.8. The van der Waals surface area contributed by atoms with E-state index in [4.69, 9.17) is 0 Å². The summed E-state index contributed by atoms with van der Waals surface area (Å²) in [7, 11) is 0. The number of benzene rings is 3. The molecule has 3 aromatic rings. The van der Waals surface area contributed by atoms with Gasteiger partial charge in [-0.2, -0.15) is 0 Å². The minimum atomic E-state index is -0.268. The Kier molecular flexibility index (Phi) is 4.87. The molecule has 0 saturated carbocycles. The van der Waals surface area contributed by atoms with E-state index >= 15 is 0 Å². The first kappa shape index (κ1) is 15.7. The fourth-order valence-corrected chi connectivity index (χ4v) is 2.02. The van der Waals surface area contributed by atoms with Crippen molar-refractivity contribution in [3.63, 3.8) is 0 Å². The lowest BCUT2D eigenvalue weighted by Gasteiger charge is -1.97. The van der Waals surface area contributed by atoms with Gasteiger partial charge in [0.2, 0.25) is 0 Å². The average molecular weight is 320 g/mol. The molecule has 0 radical (unpaired) electrons. The fourth-order valence-electron chi connectivity index (χ4n) is 2.02. The number of nitrogens with zero attached hydrogens (tertiary/aromatic N) is 2. The third kappa shape index (κ3) is 4.43. The summed E-state index contributed by atoms with van der Waals surface area (Å²) in [4.78, 5) is 8.67. The molecule has 0 aliphatic carbocycles. The van der Waals surface area contributed by atoms with Gasteiger partial charge in [-0.15, -0.1) is 0 Å². The zero-order chi connectivity index (χ0) is 16.8. The van der Waals surface area contributed by atoms with Crippen molar-refractivity contribution in [1.82, 2.24) is 0 Å². The van der Waals surface area contributed by atoms with E-state index in [0.29, 0.717) is 0 Å². The highest BCUT2D eigenvalue weighted by atomic mass is 19.1. The van der Waals surface area contributed by atoms with Gasteiger partial charge < -0.3 is 0 Å². The second-order valence-corrected chi connectivity index (χ2v) is 5.14. The minimum absolute atomic E-state index is 0.268. The summed E-state index contributed by atoms with van der Waals surface area (Å²) >= 11 is 0. The number of hydrogen-bond donors (Lipinski definition) is 0. The Labute approximate surface area is 138 Å². The lowest BCUT2D eigenvalue weighted by atomic mass is 10.2. The van der Waals surface area contributed by atoms with Crippen molar-refractivity contribution in [3.05, 3.63) is 95.6 Å². The van der Waals surface area contributed by atoms with E-state index in [2.05, 4.69) is 9.98 Å². The molecule has 0 heterocycles. The normalized spacial score (nSPS) is 11.4. The lowest BCUT2D eigenvalue weighted by Crippen LogP contribution is -1.81. The van der Waals surface area contributed by atoms with Gasteiger partial charge in [-0.1, -0.05) is 24.3 Å². The second kappa shape index (κ2) is 7.42. The summed E-state index contributed by atoms with van der Waals surface area (Å²) in [6.45, 7) is 0. The highest BCUT2D eigenvalue weighted by Gasteiger charge is 1.94. The van der Waals surface area contributed by atoms with Crippen molar-refractivity contribution in [3.8, 4) is 0 Å². The zero-order valence-electron chi connectivity index (χ0n) is 12.7. The van der Waals surface area contributed by atoms with Gasteiger partial charge in [0.1, 0.15) is 11.6 Å². The van der Waals surface area contributed by atoms with Crippen molar-refractivity contribution in [2.75, 3.05) is 0 Å². The quantitative estimate of drug-likeness (QED) is 0.570. The maximum atomic E-state index is 12.8. The van der Waals surface area contributed by atoms with Crippen molar-refractivity contribution < 1.29 is 8.78 Å². The molecule has 4 heteroatoms. The van der Waals surface area contributed by atoms with Crippen molar-refractivity contribution in [2.24, 2.45) is 9.98 Å². The number of rotatable bonds is 4. The molecule has 0 atom stereocenters. The first-order valence-corrected chi connectivity index (χ1v) is 7.38. The smallest absolute Gasteiger partial charge is 0.123 e. The molecular formula is C20H14F2N2. The van der Waals surface area contributed by atoms with Crippen LogP contribution in [0.1, 0.15) is 11.1 Å². The van der Waals surface area contributed by atoms with Crippen LogP contribution in [0.4, 0.5) is 20.2 Å². The van der Waals surface area contributed by atoms with Crippen LogP contribution in [0.2, 0.25) is 0 Å². The van der Waals surface area contributed by atoms with E-state index in [-0.39, 0.29) is 11.6 Å². The summed E-state index contributed by atoms with van der Waals surface area (Å²) in [5, 5.41) is 0. The third-order valence-corrected chi connectivity index (χ3v) is 3.32. The van der Waals surface area contributed by atoms with Crippen LogP contribution in [-0.2, 0) is 0 Å². The SMILES string of the molecule is Fc1ccc(/C=N/c2ccc(/N=C/c3ccc(F)cc3)cc2)cc1. The molecule has 0 aromatic heterocycles. The molecule has 3 rings (SSSR count). The standard InChI is InChI=1S/C20H14F2N2/c21-17-5-1-15(2-6-17)13-23-19-9-11-20(12-10-19)24-14-16-3-7-18(22)8-4-16/h1-14H/b23-13+,24-14+. The van der Waals surface area contributed by atoms with Crippen molar-refractivity contribution in [1.29, 1.82) is 0 Å². The van der Waals surface area contributed by atoms with E-state index in [0.717, 1.165) is 22.5 Å². The largest absolute Gasteiger partial charge is 0.256 e. The first-order chi connectivity index (χ1) is 11.7. The molecule has 118 valence electrons. The molecule has 0 aliphatic heterocycles. The first-order valence-electron chi connectivity index (χ1n) is 7.38. The van der Waals surface area contributed by atoms with E-state index in [9.17, 15) is 8.78 Å². The molecule has 0 amide bonds. The zero-order valence-corrected chi connectivity index (χ0v) is 12.7. The maximum Gasteiger partial charge on any atom is 0.123 e. The molecule has 0 bridgehead atoms. The Hall–Kier alpha value is -3.14. The summed E-state index contributed by atoms with van der Waals surface area (Å²) in [6, 6.07) is 19.6. The Morgan fingerprint density at radius 1 is 0.500 bits per heavy atom. The lowest BCUT2D eigenvalue weighted by molar-refractivity contribution is 0.627. The van der Waals surface area contributed by atoms with Gasteiger partial charge in [0.05, 0.1) is 11.4 Å². The molecule has 0 aliphatic rings. The molecule has 2 nitrogen and oxygen atoms in total. The van der Waals surface area contributed by atoms with Crippen LogP contribution in [0.5, 0.6) is 0 Å². The van der Waals surface area contributed by atoms with Gasteiger partial charge in [-0.05, 0) is 59.7 Å². The monoisotopic (exact) mass is 320 g/mol. The Bertz CT molecular complexity index is 775. The summed E-state index contributed by atoms with van der Waals surface area (Å²) in [6.07, 6.45) is 3.35. The fraction of sp³-hybridized carbons (Fsp3) is 0. The number of hydrogen-bond acceptors (Lipinski definition) is 2. The predicted molar refractivity (Wildman–Crippen MR) is 93.8 cm³/mol. The van der Waals surface area contributed by atoms with Gasteiger partial charge in [0, 0.05) is 12.4 Å². The van der Waals surface area contributed by atoms with Crippen LogP contribution in [0, 0.1) is 11.6 Å². The summed E-state index contributed by atoms with van der Waals surface area (Å²) < 4.78 is 25.7. The molecule has 0 spiro atoms. The van der Waals surface area contributed by atoms with Crippen LogP contribution in [0.15, 0.2) is 82.8 Å². The second-order valence-electron chi connectivity index (χ2n) is 5.14. The summed E-state index contributed by atoms with van der Waals surface area (Å²) in [5.74, 6) is -0.536. The van der Waals surface area contributed by atoms with Gasteiger partial charge in [-0.3, -0.25) is 9.98 Å². The average Bonchev–Trinajstić information content (AvgIpc) is 2.62. The van der Waals surface area contributed by atoms with Crippen LogP contribution in [-0.4, -0.2) is 12.4 Å². The molecule has 3 aromatic carbocycles. The molecule has 24 heavy (non-hydrogen) atoms. The van der Waals surface area contributed by atoms with E-state index in [1.807, 2.05) is 24.3 Å². The van der Waals surface area contributed by atoms with Gasteiger partial charge in [0.15, 0.2) is 0 Å². The highest BCUT2D eigenvalue weighted by Crippen LogP contribution is 2.18. The van der Waals surface area contributed by atoms with Gasteiger partial charge >= 0.3 is 0 Å². The van der Waals surface area contributed by atoms with Crippen molar-refractivity contribution in [2.45, 2.75) is 0 Å². The molecular weight excluding hydrogens is 306 g/mol. The van der Waals surface area contributed by atoms with E-state index in [1.54, 1.807) is 36.7 Å². The van der Waals surface area contributed by atoms with Gasteiger partial charge in [-0.25, -0.2) is 8.78 Å². The van der Waals surface area contributed by atoms with Crippen LogP contribution < -0.4 is 0 Å². The Morgan fingerprint density at radius 3 is 1.17 bits per heavy atom. The third-order valence-electron chi connectivity index (χ3n) is 3.32. The van der Waals surface area contributed by atoms with Gasteiger partial charge in [0.25, 0.3) is 0 Å². The Morgan fingerprint density at radius 2 is 0.833 bits per heavy atom. The van der Waals surface area contributed by atoms with Crippen molar-refractivity contribution >= 4 is 23.8 Å². The van der Waals surface area contributed by atoms with E-state index in [1.165, 1.54) is 24.3 Å². The summed E-state index contributed by atoms with van der Waals surface area (Å²) in [5.41, 5.74) is 3.21. The number of aliphatic imine (C=N–C) groups is 2. The number of halogens is 2. The van der Waals surface area contributed by atoms with E-state index < -0.39 is 0 Å². The molecule has 0 saturated heterocycles. The highest BCUT2D eigenvalue weighted by molar-refractivity contribution is 5.83. The predicted octanol–water partition coefficient (Wildman–Crippen LogP) is 5.47. The van der Waals surface area contributed by atoms with Crippen LogP contribution in [0.25, 0.3) is 0 Å².